The van der Waals surface area contributed by atoms with Crippen LogP contribution in [0.4, 0.5) is 0 Å². The minimum atomic E-state index is -0.496. The van der Waals surface area contributed by atoms with Crippen molar-refractivity contribution in [2.24, 2.45) is 0 Å². The average molecular weight is 845 g/mol. The third kappa shape index (κ3) is 4.86. The number of rotatable bonds is 3. The molecule has 67 heavy (non-hydrogen) atoms. The Kier molecular flexibility index (Phi) is 7.52. The van der Waals surface area contributed by atoms with E-state index in [0.29, 0.717) is 0 Å². The van der Waals surface area contributed by atoms with Crippen LogP contribution in [0.15, 0.2) is 243 Å². The Morgan fingerprint density at radius 3 is 1.34 bits per heavy atom. The highest BCUT2D eigenvalue weighted by atomic mass is 14.5. The molecule has 0 aromatic heterocycles. The SMILES string of the molecule is c1cc(-c2cc3c(c4ccccc24)-c2ccc4ccccc4c2C32c3ccccc3-c3ccccc32)cc(-c2c3ccccc3c(-c3cc4ccccc4c4ccccc34)c3ccccc23)c1. The van der Waals surface area contributed by atoms with Crippen molar-refractivity contribution in [3.05, 3.63) is 265 Å². The van der Waals surface area contributed by atoms with E-state index in [4.69, 9.17) is 0 Å². The standard InChI is InChI=1S/C67H40/c1-4-23-46-41(18-1)36-37-57-65-52-29-8-7-26-49(52)58(40-62(65)67(66(46)57)60-34-15-13-27-50(60)51-28-14-16-35-61(51)67)42-20-17-21-44(38-42)63-53-30-9-11-32-55(53)64(56-33-12-10-31-54(56)63)59-39-43-19-2-3-22-45(43)47-24-5-6-25-48(47)59/h1-40H. The summed E-state index contributed by atoms with van der Waals surface area (Å²) in [6.45, 7) is 0. The zero-order chi connectivity index (χ0) is 43.8. The molecule has 0 amide bonds. The van der Waals surface area contributed by atoms with Gasteiger partial charge in [0.25, 0.3) is 0 Å². The van der Waals surface area contributed by atoms with Gasteiger partial charge < -0.3 is 0 Å². The normalized spacial score (nSPS) is 13.2. The average Bonchev–Trinajstić information content (AvgIpc) is 3.87. The Morgan fingerprint density at radius 2 is 0.687 bits per heavy atom. The highest BCUT2D eigenvalue weighted by Crippen LogP contribution is 2.65. The first-order chi connectivity index (χ1) is 33.3. The van der Waals surface area contributed by atoms with Crippen LogP contribution >= 0.6 is 0 Å². The molecule has 308 valence electrons. The lowest BCUT2D eigenvalue weighted by atomic mass is 9.69. The summed E-state index contributed by atoms with van der Waals surface area (Å²) in [6.07, 6.45) is 0. The topological polar surface area (TPSA) is 0 Å². The fourth-order valence-corrected chi connectivity index (χ4v) is 12.8. The van der Waals surface area contributed by atoms with Crippen molar-refractivity contribution in [1.29, 1.82) is 0 Å². The predicted molar refractivity (Wildman–Crippen MR) is 284 cm³/mol. The molecule has 0 saturated carbocycles. The Morgan fingerprint density at radius 1 is 0.209 bits per heavy atom. The fourth-order valence-electron chi connectivity index (χ4n) is 12.8. The highest BCUT2D eigenvalue weighted by molar-refractivity contribution is 6.26. The van der Waals surface area contributed by atoms with Gasteiger partial charge in [-0.25, -0.2) is 0 Å². The van der Waals surface area contributed by atoms with E-state index >= 15 is 0 Å². The molecule has 0 unspecified atom stereocenters. The van der Waals surface area contributed by atoms with E-state index < -0.39 is 5.41 Å². The number of hydrogen-bond donors (Lipinski definition) is 0. The maximum absolute atomic E-state index is 2.58. The molecule has 0 heteroatoms. The van der Waals surface area contributed by atoms with Crippen LogP contribution in [0.25, 0.3) is 120 Å². The molecule has 0 N–H and O–H groups in total. The summed E-state index contributed by atoms with van der Waals surface area (Å²) in [7, 11) is 0. The monoisotopic (exact) mass is 844 g/mol. The number of hydrogen-bond acceptors (Lipinski definition) is 0. The first kappa shape index (κ1) is 36.7. The van der Waals surface area contributed by atoms with Crippen molar-refractivity contribution in [3.63, 3.8) is 0 Å². The van der Waals surface area contributed by atoms with Crippen molar-refractivity contribution >= 4 is 64.6 Å². The quantitative estimate of drug-likeness (QED) is 0.123. The van der Waals surface area contributed by atoms with Gasteiger partial charge in [0.2, 0.25) is 0 Å². The molecule has 0 atom stereocenters. The van der Waals surface area contributed by atoms with Gasteiger partial charge in [0, 0.05) is 0 Å². The molecular formula is C67H40. The van der Waals surface area contributed by atoms with Gasteiger partial charge in [0.15, 0.2) is 0 Å². The third-order valence-electron chi connectivity index (χ3n) is 15.4. The molecule has 15 rings (SSSR count). The lowest BCUT2D eigenvalue weighted by molar-refractivity contribution is 0.802. The smallest absolute Gasteiger partial charge is 0.0619 e. The maximum Gasteiger partial charge on any atom is 0.0731 e. The Bertz CT molecular complexity index is 4180. The molecule has 13 aromatic rings. The van der Waals surface area contributed by atoms with Gasteiger partial charge in [-0.1, -0.05) is 224 Å². The second kappa shape index (κ2) is 13.7. The molecule has 2 aliphatic carbocycles. The zero-order valence-electron chi connectivity index (χ0n) is 36.6. The van der Waals surface area contributed by atoms with E-state index in [2.05, 4.69) is 243 Å². The third-order valence-corrected chi connectivity index (χ3v) is 15.4. The summed E-state index contributed by atoms with van der Waals surface area (Å²) < 4.78 is 0. The largest absolute Gasteiger partial charge is 0.0731 e. The van der Waals surface area contributed by atoms with Crippen LogP contribution in [0.2, 0.25) is 0 Å². The van der Waals surface area contributed by atoms with Crippen LogP contribution in [0.1, 0.15) is 22.3 Å². The summed E-state index contributed by atoms with van der Waals surface area (Å²) in [4.78, 5) is 0. The summed E-state index contributed by atoms with van der Waals surface area (Å²) in [5.41, 5.74) is 17.8. The molecule has 1 spiro atoms. The summed E-state index contributed by atoms with van der Waals surface area (Å²) in [5, 5.41) is 15.3. The van der Waals surface area contributed by atoms with Crippen molar-refractivity contribution in [1.82, 2.24) is 0 Å². The van der Waals surface area contributed by atoms with E-state index in [-0.39, 0.29) is 0 Å². The van der Waals surface area contributed by atoms with Crippen molar-refractivity contribution < 1.29 is 0 Å². The van der Waals surface area contributed by atoms with Crippen LogP contribution in [-0.4, -0.2) is 0 Å². The molecule has 2 aliphatic rings. The molecule has 0 radical (unpaired) electrons. The first-order valence-corrected chi connectivity index (χ1v) is 23.5. The molecule has 0 nitrogen and oxygen atoms in total. The first-order valence-electron chi connectivity index (χ1n) is 23.5. The molecule has 0 saturated heterocycles. The molecule has 13 aromatic carbocycles. The summed E-state index contributed by atoms with van der Waals surface area (Å²) >= 11 is 0. The van der Waals surface area contributed by atoms with Crippen LogP contribution in [0, 0.1) is 0 Å². The molecule has 0 heterocycles. The number of fused-ring (bicyclic) bond motifs is 19. The van der Waals surface area contributed by atoms with E-state index in [0.717, 1.165) is 0 Å². The van der Waals surface area contributed by atoms with Gasteiger partial charge in [0.1, 0.15) is 0 Å². The Hall–Kier alpha value is -8.58. The summed E-state index contributed by atoms with van der Waals surface area (Å²) in [6, 6.07) is 91.5. The number of benzene rings is 13. The highest BCUT2D eigenvalue weighted by Gasteiger charge is 2.53. The minimum Gasteiger partial charge on any atom is -0.0619 e. The van der Waals surface area contributed by atoms with Gasteiger partial charge in [-0.05, 0) is 161 Å². The van der Waals surface area contributed by atoms with Crippen molar-refractivity contribution in [2.45, 2.75) is 5.41 Å². The van der Waals surface area contributed by atoms with Gasteiger partial charge in [-0.15, -0.1) is 0 Å². The molecule has 0 fully saturated rings. The maximum atomic E-state index is 2.58. The molecule has 0 bridgehead atoms. The van der Waals surface area contributed by atoms with E-state index in [1.165, 1.54) is 143 Å². The predicted octanol–water partition coefficient (Wildman–Crippen LogP) is 18.0. The second-order valence-electron chi connectivity index (χ2n) is 18.6. The fraction of sp³-hybridized carbons (Fsp3) is 0.0149. The van der Waals surface area contributed by atoms with E-state index in [9.17, 15) is 0 Å². The van der Waals surface area contributed by atoms with Crippen LogP contribution < -0.4 is 0 Å². The molecule has 0 aliphatic heterocycles. The van der Waals surface area contributed by atoms with Gasteiger partial charge in [-0.3, -0.25) is 0 Å². The van der Waals surface area contributed by atoms with Gasteiger partial charge >= 0.3 is 0 Å². The Balaban J connectivity index is 1.01. The Labute approximate surface area is 388 Å². The minimum absolute atomic E-state index is 0.496. The van der Waals surface area contributed by atoms with E-state index in [1.807, 2.05) is 0 Å². The lowest BCUT2D eigenvalue weighted by Crippen LogP contribution is -2.26. The van der Waals surface area contributed by atoms with Crippen LogP contribution in [0.3, 0.4) is 0 Å². The van der Waals surface area contributed by atoms with Crippen LogP contribution in [0.5, 0.6) is 0 Å². The van der Waals surface area contributed by atoms with Crippen molar-refractivity contribution in [2.75, 3.05) is 0 Å². The van der Waals surface area contributed by atoms with Crippen LogP contribution in [-0.2, 0) is 5.41 Å². The lowest BCUT2D eigenvalue weighted by Gasteiger charge is -2.32. The summed E-state index contributed by atoms with van der Waals surface area (Å²) in [5.74, 6) is 0. The second-order valence-corrected chi connectivity index (χ2v) is 18.6. The van der Waals surface area contributed by atoms with Crippen molar-refractivity contribution in [3.8, 4) is 55.6 Å². The zero-order valence-corrected chi connectivity index (χ0v) is 36.6. The van der Waals surface area contributed by atoms with E-state index in [1.54, 1.807) is 0 Å². The van der Waals surface area contributed by atoms with Gasteiger partial charge in [-0.2, -0.15) is 0 Å². The molecular weight excluding hydrogens is 805 g/mol. The van der Waals surface area contributed by atoms with Gasteiger partial charge in [0.05, 0.1) is 5.41 Å².